The lowest BCUT2D eigenvalue weighted by atomic mass is 9.98. The van der Waals surface area contributed by atoms with Gasteiger partial charge < -0.3 is 5.32 Å². The van der Waals surface area contributed by atoms with Gasteiger partial charge in [-0.1, -0.05) is 35.9 Å². The molecule has 1 amide bonds. The van der Waals surface area contributed by atoms with Gasteiger partial charge in [-0.25, -0.2) is 13.1 Å². The number of carbonyl (C=O) groups is 1. The van der Waals surface area contributed by atoms with E-state index in [4.69, 9.17) is 11.6 Å². The van der Waals surface area contributed by atoms with Crippen molar-refractivity contribution in [2.75, 3.05) is 7.05 Å². The molecule has 2 aromatic carbocycles. The number of rotatable bonds is 3. The topological polar surface area (TPSA) is 75.3 Å². The predicted octanol–water partition coefficient (Wildman–Crippen LogP) is 2.08. The first-order valence-electron chi connectivity index (χ1n) is 6.57. The van der Waals surface area contributed by atoms with Crippen LogP contribution in [0, 0.1) is 0 Å². The molecule has 7 heteroatoms. The molecule has 3 rings (SSSR count). The highest BCUT2D eigenvalue weighted by atomic mass is 35.5. The maximum Gasteiger partial charge on any atom is 0.252 e. The summed E-state index contributed by atoms with van der Waals surface area (Å²) in [6.07, 6.45) is 0. The Bertz CT molecular complexity index is 865. The third-order valence-corrected chi connectivity index (χ3v) is 5.53. The molecule has 5 nitrogen and oxygen atoms in total. The van der Waals surface area contributed by atoms with Gasteiger partial charge in [-0.05, 0) is 36.4 Å². The van der Waals surface area contributed by atoms with E-state index >= 15 is 0 Å². The summed E-state index contributed by atoms with van der Waals surface area (Å²) in [7, 11) is -2.34. The zero-order valence-electron chi connectivity index (χ0n) is 11.6. The zero-order chi connectivity index (χ0) is 15.9. The molecule has 1 aliphatic heterocycles. The third-order valence-electron chi connectivity index (χ3n) is 3.64. The zero-order valence-corrected chi connectivity index (χ0v) is 13.2. The van der Waals surface area contributed by atoms with Gasteiger partial charge in [-0.3, -0.25) is 4.79 Å². The second kappa shape index (κ2) is 5.39. The number of halogens is 1. The fourth-order valence-corrected chi connectivity index (χ4v) is 3.78. The highest BCUT2D eigenvalue weighted by Gasteiger charge is 2.30. The monoisotopic (exact) mass is 336 g/mol. The van der Waals surface area contributed by atoms with Crippen LogP contribution < -0.4 is 10.0 Å². The van der Waals surface area contributed by atoms with Gasteiger partial charge in [0.15, 0.2) is 0 Å². The summed E-state index contributed by atoms with van der Waals surface area (Å²) in [6.45, 7) is 0. The van der Waals surface area contributed by atoms with Crippen LogP contribution in [0.25, 0.3) is 0 Å². The van der Waals surface area contributed by atoms with Crippen LogP contribution in [-0.2, 0) is 10.0 Å². The number of nitrogens with one attached hydrogen (secondary N) is 2. The molecule has 2 N–H and O–H groups in total. The van der Waals surface area contributed by atoms with Crippen LogP contribution in [0.15, 0.2) is 47.4 Å². The number of hydrogen-bond donors (Lipinski definition) is 2. The van der Waals surface area contributed by atoms with Crippen molar-refractivity contribution in [3.05, 3.63) is 64.2 Å². The van der Waals surface area contributed by atoms with E-state index in [0.717, 1.165) is 5.56 Å². The summed E-state index contributed by atoms with van der Waals surface area (Å²) in [6, 6.07) is 11.6. The highest BCUT2D eigenvalue weighted by molar-refractivity contribution is 7.89. The largest absolute Gasteiger partial charge is 0.341 e. The average molecular weight is 337 g/mol. The Balaban J connectivity index is 2.12. The Morgan fingerprint density at radius 3 is 2.64 bits per heavy atom. The molecule has 22 heavy (non-hydrogen) atoms. The van der Waals surface area contributed by atoms with Gasteiger partial charge in [0.2, 0.25) is 10.0 Å². The van der Waals surface area contributed by atoms with E-state index in [0.29, 0.717) is 11.1 Å². The molecule has 1 unspecified atom stereocenters. The number of hydrogen-bond acceptors (Lipinski definition) is 3. The maximum absolute atomic E-state index is 12.0. The smallest absolute Gasteiger partial charge is 0.252 e. The third kappa shape index (κ3) is 2.39. The van der Waals surface area contributed by atoms with Crippen molar-refractivity contribution >= 4 is 27.5 Å². The van der Waals surface area contributed by atoms with Crippen LogP contribution in [0.4, 0.5) is 0 Å². The predicted molar refractivity (Wildman–Crippen MR) is 83.4 cm³/mol. The van der Waals surface area contributed by atoms with E-state index in [1.165, 1.54) is 19.2 Å². The van der Waals surface area contributed by atoms with Gasteiger partial charge in [0.1, 0.15) is 4.90 Å². The number of amides is 1. The second-order valence-electron chi connectivity index (χ2n) is 4.89. The molecule has 1 aliphatic rings. The summed E-state index contributed by atoms with van der Waals surface area (Å²) in [5.74, 6) is -0.173. The summed E-state index contributed by atoms with van der Waals surface area (Å²) in [5.41, 5.74) is 2.08. The van der Waals surface area contributed by atoms with Crippen LogP contribution in [0.2, 0.25) is 5.02 Å². The molecule has 0 radical (unpaired) electrons. The van der Waals surface area contributed by atoms with Crippen LogP contribution >= 0.6 is 11.6 Å². The first-order valence-corrected chi connectivity index (χ1v) is 8.43. The van der Waals surface area contributed by atoms with E-state index < -0.39 is 10.0 Å². The first kappa shape index (κ1) is 15.0. The highest BCUT2D eigenvalue weighted by Crippen LogP contribution is 2.33. The van der Waals surface area contributed by atoms with Crippen molar-refractivity contribution in [3.63, 3.8) is 0 Å². The molecule has 1 heterocycles. The van der Waals surface area contributed by atoms with Crippen molar-refractivity contribution in [2.45, 2.75) is 10.9 Å². The molecule has 0 bridgehead atoms. The summed E-state index contributed by atoms with van der Waals surface area (Å²) >= 11 is 5.99. The maximum atomic E-state index is 12.0. The molecule has 0 spiro atoms. The Hall–Kier alpha value is -1.89. The van der Waals surface area contributed by atoms with Crippen molar-refractivity contribution in [1.29, 1.82) is 0 Å². The molecule has 114 valence electrons. The number of sulfonamides is 1. The molecular formula is C15H13ClN2O3S. The summed E-state index contributed by atoms with van der Waals surface area (Å²) in [5, 5.41) is 2.99. The Morgan fingerprint density at radius 2 is 1.91 bits per heavy atom. The second-order valence-corrected chi connectivity index (χ2v) is 7.15. The van der Waals surface area contributed by atoms with Crippen LogP contribution in [0.1, 0.15) is 27.5 Å². The fourth-order valence-electron chi connectivity index (χ4n) is 2.52. The Morgan fingerprint density at radius 1 is 1.18 bits per heavy atom. The van der Waals surface area contributed by atoms with E-state index in [-0.39, 0.29) is 21.9 Å². The summed E-state index contributed by atoms with van der Waals surface area (Å²) < 4.78 is 26.3. The standard InChI is InChI=1S/C15H13ClN2O3S/c1-17-22(20,21)13-8-9(6-7-12(13)16)14-10-4-2-3-5-11(10)15(19)18-14/h2-8,14,17H,1H3,(H,18,19). The Kier molecular flexibility index (Phi) is 3.68. The van der Waals surface area contributed by atoms with Gasteiger partial charge in [-0.15, -0.1) is 0 Å². The summed E-state index contributed by atoms with van der Waals surface area (Å²) in [4.78, 5) is 12.0. The number of fused-ring (bicyclic) bond motifs is 1. The van der Waals surface area contributed by atoms with Gasteiger partial charge in [0.25, 0.3) is 5.91 Å². The normalized spacial score (nSPS) is 17.2. The molecular weight excluding hydrogens is 324 g/mol. The molecule has 0 aromatic heterocycles. The van der Waals surface area contributed by atoms with E-state index in [1.54, 1.807) is 18.2 Å². The lowest BCUT2D eigenvalue weighted by molar-refractivity contribution is 0.0960. The molecule has 0 saturated carbocycles. The van der Waals surface area contributed by atoms with Gasteiger partial charge >= 0.3 is 0 Å². The lowest BCUT2D eigenvalue weighted by Gasteiger charge is -2.14. The average Bonchev–Trinajstić information content (AvgIpc) is 2.85. The van der Waals surface area contributed by atoms with Crippen LogP contribution in [-0.4, -0.2) is 21.4 Å². The van der Waals surface area contributed by atoms with Gasteiger partial charge in [0, 0.05) is 5.56 Å². The minimum atomic E-state index is -3.67. The van der Waals surface area contributed by atoms with E-state index in [1.807, 2.05) is 12.1 Å². The van der Waals surface area contributed by atoms with E-state index in [2.05, 4.69) is 10.0 Å². The molecule has 0 fully saturated rings. The number of benzene rings is 2. The van der Waals surface area contributed by atoms with Crippen molar-refractivity contribution in [2.24, 2.45) is 0 Å². The quantitative estimate of drug-likeness (QED) is 0.901. The fraction of sp³-hybridized carbons (Fsp3) is 0.133. The van der Waals surface area contributed by atoms with Gasteiger partial charge in [0.05, 0.1) is 11.1 Å². The molecule has 1 atom stereocenters. The van der Waals surface area contributed by atoms with Crippen molar-refractivity contribution in [3.8, 4) is 0 Å². The molecule has 0 saturated heterocycles. The minimum absolute atomic E-state index is 0.00667. The van der Waals surface area contributed by atoms with E-state index in [9.17, 15) is 13.2 Å². The Labute approximate surface area is 133 Å². The van der Waals surface area contributed by atoms with Crippen molar-refractivity contribution < 1.29 is 13.2 Å². The lowest BCUT2D eigenvalue weighted by Crippen LogP contribution is -2.22. The number of carbonyl (C=O) groups excluding carboxylic acids is 1. The van der Waals surface area contributed by atoms with Crippen LogP contribution in [0.5, 0.6) is 0 Å². The van der Waals surface area contributed by atoms with Crippen LogP contribution in [0.3, 0.4) is 0 Å². The van der Waals surface area contributed by atoms with Gasteiger partial charge in [-0.2, -0.15) is 0 Å². The molecule has 2 aromatic rings. The molecule has 0 aliphatic carbocycles. The van der Waals surface area contributed by atoms with Crippen molar-refractivity contribution in [1.82, 2.24) is 10.0 Å². The SMILES string of the molecule is CNS(=O)(=O)c1cc(C2NC(=O)c3ccccc32)ccc1Cl. The minimum Gasteiger partial charge on any atom is -0.341 e. The first-order chi connectivity index (χ1) is 10.4.